The van der Waals surface area contributed by atoms with Crippen molar-refractivity contribution in [2.45, 2.75) is 58.8 Å². The van der Waals surface area contributed by atoms with Crippen LogP contribution in [0.2, 0.25) is 0 Å². The second kappa shape index (κ2) is 7.92. The van der Waals surface area contributed by atoms with Gasteiger partial charge in [-0.3, -0.25) is 4.90 Å². The molecule has 1 aromatic heterocycles. The van der Waals surface area contributed by atoms with Gasteiger partial charge < -0.3 is 14.7 Å². The van der Waals surface area contributed by atoms with E-state index in [1.165, 1.54) is 32.5 Å². The Morgan fingerprint density at radius 3 is 2.76 bits per heavy atom. The zero-order chi connectivity index (χ0) is 15.2. The highest BCUT2D eigenvalue weighted by molar-refractivity contribution is 5.05. The summed E-state index contributed by atoms with van der Waals surface area (Å²) in [6.45, 7) is 11.7. The first-order valence-electron chi connectivity index (χ1n) is 8.19. The van der Waals surface area contributed by atoms with E-state index >= 15 is 0 Å². The third kappa shape index (κ3) is 5.09. The summed E-state index contributed by atoms with van der Waals surface area (Å²) >= 11 is 0. The lowest BCUT2D eigenvalue weighted by molar-refractivity contribution is 0.119. The average molecular weight is 294 g/mol. The number of nitrogens with one attached hydrogen (secondary N) is 1. The number of hydrogen-bond acceptors (Lipinski definition) is 5. The molecule has 0 radical (unpaired) electrons. The predicted molar refractivity (Wildman–Crippen MR) is 85.1 cm³/mol. The summed E-state index contributed by atoms with van der Waals surface area (Å²) in [5.41, 5.74) is 0.993. The Morgan fingerprint density at radius 1 is 1.43 bits per heavy atom. The topological polar surface area (TPSA) is 44.5 Å². The van der Waals surface area contributed by atoms with Crippen molar-refractivity contribution >= 4 is 0 Å². The first-order valence-corrected chi connectivity index (χ1v) is 8.19. The van der Waals surface area contributed by atoms with E-state index in [1.807, 2.05) is 0 Å². The molecule has 5 nitrogen and oxygen atoms in total. The molecule has 1 aromatic rings. The number of likely N-dealkylation sites (tertiary alicyclic amines) is 1. The van der Waals surface area contributed by atoms with Crippen LogP contribution in [0.25, 0.3) is 0 Å². The van der Waals surface area contributed by atoms with Crippen LogP contribution in [0.5, 0.6) is 0 Å². The van der Waals surface area contributed by atoms with Crippen LogP contribution < -0.4 is 5.32 Å². The fourth-order valence-corrected chi connectivity index (χ4v) is 2.87. The number of piperidine rings is 1. The number of hydrogen-bond donors (Lipinski definition) is 1. The summed E-state index contributed by atoms with van der Waals surface area (Å²) in [6, 6.07) is 3.21. The van der Waals surface area contributed by atoms with Gasteiger partial charge in [-0.25, -0.2) is 0 Å². The predicted octanol–water partition coefficient (Wildman–Crippen LogP) is 2.09. The molecule has 0 amide bonds. The summed E-state index contributed by atoms with van der Waals surface area (Å²) in [5, 5.41) is 7.50. The summed E-state index contributed by atoms with van der Waals surface area (Å²) in [4.78, 5) is 4.93. The van der Waals surface area contributed by atoms with Crippen molar-refractivity contribution in [3.8, 4) is 0 Å². The van der Waals surface area contributed by atoms with Crippen molar-refractivity contribution in [3.05, 3.63) is 17.5 Å². The molecule has 1 aliphatic heterocycles. The molecule has 0 aromatic carbocycles. The van der Waals surface area contributed by atoms with Gasteiger partial charge in [0.15, 0.2) is 5.76 Å². The minimum atomic E-state index is 0.469. The molecule has 120 valence electrons. The van der Waals surface area contributed by atoms with Crippen LogP contribution in [-0.4, -0.2) is 53.7 Å². The van der Waals surface area contributed by atoms with Gasteiger partial charge in [-0.2, -0.15) is 0 Å². The van der Waals surface area contributed by atoms with Crippen LogP contribution in [0.15, 0.2) is 10.6 Å². The third-order valence-corrected chi connectivity index (χ3v) is 4.33. The van der Waals surface area contributed by atoms with E-state index in [2.05, 4.69) is 54.2 Å². The van der Waals surface area contributed by atoms with Crippen molar-refractivity contribution in [3.63, 3.8) is 0 Å². The Hall–Kier alpha value is -0.910. The number of aromatic nitrogens is 1. The molecule has 0 spiro atoms. The molecule has 1 aliphatic rings. The molecular weight excluding hydrogens is 264 g/mol. The van der Waals surface area contributed by atoms with Crippen LogP contribution in [-0.2, 0) is 13.1 Å². The van der Waals surface area contributed by atoms with Crippen molar-refractivity contribution in [2.24, 2.45) is 0 Å². The van der Waals surface area contributed by atoms with Crippen LogP contribution in [0.1, 0.15) is 45.1 Å². The number of nitrogens with zero attached hydrogens (tertiary/aromatic N) is 3. The second-order valence-corrected chi connectivity index (χ2v) is 6.40. The highest BCUT2D eigenvalue weighted by Gasteiger charge is 2.22. The van der Waals surface area contributed by atoms with Gasteiger partial charge in [0.25, 0.3) is 0 Å². The van der Waals surface area contributed by atoms with Gasteiger partial charge >= 0.3 is 0 Å². The Balaban J connectivity index is 1.78. The Labute approximate surface area is 128 Å². The van der Waals surface area contributed by atoms with Crippen molar-refractivity contribution in [2.75, 3.05) is 26.7 Å². The molecule has 1 N–H and O–H groups in total. The first kappa shape index (κ1) is 16.5. The molecule has 0 aliphatic carbocycles. The Kier molecular flexibility index (Phi) is 6.21. The van der Waals surface area contributed by atoms with Crippen LogP contribution in [0.4, 0.5) is 0 Å². The van der Waals surface area contributed by atoms with E-state index in [0.717, 1.165) is 24.5 Å². The van der Waals surface area contributed by atoms with Gasteiger partial charge in [0, 0.05) is 24.7 Å². The standard InChI is InChI=1S/C16H30N4O/c1-5-20-8-6-15(7-9-20)19(4)12-16-10-14(18-21-16)11-17-13(2)3/h10,13,15,17H,5-9,11-12H2,1-4H3. The lowest BCUT2D eigenvalue weighted by Crippen LogP contribution is -2.42. The molecular formula is C16H30N4O. The van der Waals surface area contributed by atoms with Crippen LogP contribution in [0, 0.1) is 0 Å². The molecule has 5 heteroatoms. The molecule has 1 saturated heterocycles. The highest BCUT2D eigenvalue weighted by Crippen LogP contribution is 2.17. The summed E-state index contributed by atoms with van der Waals surface area (Å²) in [7, 11) is 2.20. The summed E-state index contributed by atoms with van der Waals surface area (Å²) < 4.78 is 5.46. The monoisotopic (exact) mass is 294 g/mol. The lowest BCUT2D eigenvalue weighted by Gasteiger charge is -2.35. The first-order chi connectivity index (χ1) is 10.1. The minimum Gasteiger partial charge on any atom is -0.360 e. The molecule has 2 rings (SSSR count). The minimum absolute atomic E-state index is 0.469. The molecule has 0 atom stereocenters. The molecule has 2 heterocycles. The summed E-state index contributed by atoms with van der Waals surface area (Å²) in [6.07, 6.45) is 2.50. The lowest BCUT2D eigenvalue weighted by atomic mass is 10.0. The maximum absolute atomic E-state index is 5.46. The smallest absolute Gasteiger partial charge is 0.151 e. The fourth-order valence-electron chi connectivity index (χ4n) is 2.87. The fraction of sp³-hybridized carbons (Fsp3) is 0.812. The van der Waals surface area contributed by atoms with E-state index in [4.69, 9.17) is 4.52 Å². The van der Waals surface area contributed by atoms with Crippen LogP contribution in [0.3, 0.4) is 0 Å². The Bertz CT molecular complexity index is 410. The van der Waals surface area contributed by atoms with Gasteiger partial charge in [-0.05, 0) is 39.5 Å². The van der Waals surface area contributed by atoms with E-state index in [-0.39, 0.29) is 0 Å². The van der Waals surface area contributed by atoms with Gasteiger partial charge in [0.05, 0.1) is 12.2 Å². The van der Waals surface area contributed by atoms with Crippen molar-refractivity contribution < 1.29 is 4.52 Å². The van der Waals surface area contributed by atoms with Gasteiger partial charge in [0.2, 0.25) is 0 Å². The van der Waals surface area contributed by atoms with E-state index in [1.54, 1.807) is 0 Å². The molecule has 1 fully saturated rings. The SMILES string of the molecule is CCN1CCC(N(C)Cc2cc(CNC(C)C)no2)CC1. The summed E-state index contributed by atoms with van der Waals surface area (Å²) in [5.74, 6) is 0.968. The van der Waals surface area contributed by atoms with E-state index in [0.29, 0.717) is 12.1 Å². The van der Waals surface area contributed by atoms with Gasteiger partial charge in [-0.1, -0.05) is 25.9 Å². The maximum atomic E-state index is 5.46. The van der Waals surface area contributed by atoms with Crippen molar-refractivity contribution in [1.29, 1.82) is 0 Å². The number of rotatable bonds is 7. The quantitative estimate of drug-likeness (QED) is 0.834. The van der Waals surface area contributed by atoms with Gasteiger partial charge in [0.1, 0.15) is 0 Å². The van der Waals surface area contributed by atoms with Crippen LogP contribution >= 0.6 is 0 Å². The molecule has 0 unspecified atom stereocenters. The van der Waals surface area contributed by atoms with E-state index < -0.39 is 0 Å². The zero-order valence-electron chi connectivity index (χ0n) is 13.9. The average Bonchev–Trinajstić information content (AvgIpc) is 2.92. The molecule has 0 saturated carbocycles. The maximum Gasteiger partial charge on any atom is 0.151 e. The largest absolute Gasteiger partial charge is 0.360 e. The normalized spacial score (nSPS) is 18.0. The highest BCUT2D eigenvalue weighted by atomic mass is 16.5. The van der Waals surface area contributed by atoms with Gasteiger partial charge in [-0.15, -0.1) is 0 Å². The second-order valence-electron chi connectivity index (χ2n) is 6.40. The third-order valence-electron chi connectivity index (χ3n) is 4.33. The molecule has 0 bridgehead atoms. The Morgan fingerprint density at radius 2 is 2.14 bits per heavy atom. The van der Waals surface area contributed by atoms with E-state index in [9.17, 15) is 0 Å². The zero-order valence-corrected chi connectivity index (χ0v) is 13.9. The molecule has 21 heavy (non-hydrogen) atoms. The van der Waals surface area contributed by atoms with Crippen molar-refractivity contribution in [1.82, 2.24) is 20.3 Å².